The van der Waals surface area contributed by atoms with Gasteiger partial charge in [0.05, 0.1) is 17.5 Å². The van der Waals surface area contributed by atoms with Crippen LogP contribution in [-0.4, -0.2) is 22.1 Å². The predicted octanol–water partition coefficient (Wildman–Crippen LogP) is 2.37. The molecule has 3 atom stereocenters. The Balaban J connectivity index is 2.11. The van der Waals surface area contributed by atoms with Crippen molar-refractivity contribution in [3.8, 4) is 0 Å². The standard InChI is InChI=1S/C14H20N2O4/c1-4-9-5-10(11(6-9)14(18)19)12(17)15-13-7(2)8(3)16-20-13/h9-11H,4-6H2,1-3H3,(H,15,17)(H,18,19)/t9?,10-,11+/m0/s1. The summed E-state index contributed by atoms with van der Waals surface area (Å²) in [5.74, 6) is -1.67. The van der Waals surface area contributed by atoms with Crippen LogP contribution >= 0.6 is 0 Å². The third kappa shape index (κ3) is 2.69. The van der Waals surface area contributed by atoms with Crippen LogP contribution in [0.15, 0.2) is 4.52 Å². The van der Waals surface area contributed by atoms with Crippen LogP contribution in [0.25, 0.3) is 0 Å². The van der Waals surface area contributed by atoms with Crippen LogP contribution in [0.1, 0.15) is 37.4 Å². The number of aromatic nitrogens is 1. The number of carboxylic acid groups (broad SMARTS) is 1. The highest BCUT2D eigenvalue weighted by Gasteiger charge is 2.42. The van der Waals surface area contributed by atoms with E-state index in [4.69, 9.17) is 4.52 Å². The van der Waals surface area contributed by atoms with Gasteiger partial charge < -0.3 is 9.63 Å². The molecular formula is C14H20N2O4. The molecule has 1 amide bonds. The predicted molar refractivity (Wildman–Crippen MR) is 72.2 cm³/mol. The molecule has 0 bridgehead atoms. The minimum Gasteiger partial charge on any atom is -0.481 e. The zero-order valence-electron chi connectivity index (χ0n) is 12.0. The zero-order chi connectivity index (χ0) is 14.9. The minimum absolute atomic E-state index is 0.285. The van der Waals surface area contributed by atoms with Crippen LogP contribution in [0.3, 0.4) is 0 Å². The van der Waals surface area contributed by atoms with Crippen molar-refractivity contribution in [2.75, 3.05) is 5.32 Å². The molecule has 0 aliphatic heterocycles. The number of carbonyl (C=O) groups excluding carboxylic acids is 1. The first kappa shape index (κ1) is 14.6. The van der Waals surface area contributed by atoms with Crippen LogP contribution < -0.4 is 5.32 Å². The van der Waals surface area contributed by atoms with Crippen molar-refractivity contribution in [1.82, 2.24) is 5.16 Å². The SMILES string of the molecule is CCC1C[C@H](C(=O)Nc2onc(C)c2C)[C@H](C(=O)O)C1. The number of rotatable bonds is 4. The van der Waals surface area contributed by atoms with Crippen LogP contribution in [0.5, 0.6) is 0 Å². The topological polar surface area (TPSA) is 92.4 Å². The first-order valence-electron chi connectivity index (χ1n) is 6.90. The molecule has 6 nitrogen and oxygen atoms in total. The molecular weight excluding hydrogens is 260 g/mol. The fraction of sp³-hybridized carbons (Fsp3) is 0.643. The Morgan fingerprint density at radius 3 is 2.50 bits per heavy atom. The molecule has 110 valence electrons. The maximum absolute atomic E-state index is 12.3. The Labute approximate surface area is 117 Å². The monoisotopic (exact) mass is 280 g/mol. The Kier molecular flexibility index (Phi) is 4.11. The molecule has 1 aromatic rings. The molecule has 1 heterocycles. The lowest BCUT2D eigenvalue weighted by Gasteiger charge is -2.14. The average Bonchev–Trinajstić information content (AvgIpc) is 2.97. The van der Waals surface area contributed by atoms with Crippen molar-refractivity contribution < 1.29 is 19.2 Å². The van der Waals surface area contributed by atoms with Crippen molar-refractivity contribution in [1.29, 1.82) is 0 Å². The largest absolute Gasteiger partial charge is 0.481 e. The maximum Gasteiger partial charge on any atom is 0.307 e. The number of nitrogens with zero attached hydrogens (tertiary/aromatic N) is 1. The van der Waals surface area contributed by atoms with Gasteiger partial charge in [0.2, 0.25) is 11.8 Å². The van der Waals surface area contributed by atoms with E-state index in [0.29, 0.717) is 30.3 Å². The molecule has 1 saturated carbocycles. The quantitative estimate of drug-likeness (QED) is 0.883. The fourth-order valence-corrected chi connectivity index (χ4v) is 2.78. The maximum atomic E-state index is 12.3. The third-order valence-corrected chi connectivity index (χ3v) is 4.29. The van der Waals surface area contributed by atoms with Gasteiger partial charge >= 0.3 is 5.97 Å². The van der Waals surface area contributed by atoms with Crippen LogP contribution in [-0.2, 0) is 9.59 Å². The van der Waals surface area contributed by atoms with E-state index in [1.807, 2.05) is 6.92 Å². The molecule has 6 heteroatoms. The van der Waals surface area contributed by atoms with Gasteiger partial charge in [-0.1, -0.05) is 18.5 Å². The van der Waals surface area contributed by atoms with Crippen molar-refractivity contribution in [3.05, 3.63) is 11.3 Å². The van der Waals surface area contributed by atoms with E-state index >= 15 is 0 Å². The summed E-state index contributed by atoms with van der Waals surface area (Å²) in [6, 6.07) is 0. The van der Waals surface area contributed by atoms with E-state index < -0.39 is 17.8 Å². The number of carboxylic acids is 1. The molecule has 1 fully saturated rings. The second-order valence-corrected chi connectivity index (χ2v) is 5.51. The Hall–Kier alpha value is -1.85. The molecule has 1 aliphatic carbocycles. The van der Waals surface area contributed by atoms with E-state index in [1.165, 1.54) is 0 Å². The minimum atomic E-state index is -0.897. The molecule has 1 unspecified atom stereocenters. The molecule has 0 radical (unpaired) electrons. The second kappa shape index (κ2) is 5.64. The summed E-state index contributed by atoms with van der Waals surface area (Å²) in [6.07, 6.45) is 2.08. The third-order valence-electron chi connectivity index (χ3n) is 4.29. The molecule has 0 aromatic carbocycles. The molecule has 0 saturated heterocycles. The fourth-order valence-electron chi connectivity index (χ4n) is 2.78. The second-order valence-electron chi connectivity index (χ2n) is 5.51. The number of aliphatic carboxylic acids is 1. The smallest absolute Gasteiger partial charge is 0.307 e. The number of nitrogens with one attached hydrogen (secondary N) is 1. The van der Waals surface area contributed by atoms with Crippen LogP contribution in [0.2, 0.25) is 0 Å². The van der Waals surface area contributed by atoms with Gasteiger partial charge in [-0.2, -0.15) is 0 Å². The van der Waals surface area contributed by atoms with E-state index in [9.17, 15) is 14.7 Å². The first-order chi connectivity index (χ1) is 9.43. The highest BCUT2D eigenvalue weighted by Crippen LogP contribution is 2.39. The zero-order valence-corrected chi connectivity index (χ0v) is 12.0. The lowest BCUT2D eigenvalue weighted by molar-refractivity contribution is -0.145. The van der Waals surface area contributed by atoms with Crippen molar-refractivity contribution in [2.24, 2.45) is 17.8 Å². The summed E-state index contributed by atoms with van der Waals surface area (Å²) in [6.45, 7) is 5.62. The van der Waals surface area contributed by atoms with E-state index in [0.717, 1.165) is 12.0 Å². The number of hydrogen-bond donors (Lipinski definition) is 2. The van der Waals surface area contributed by atoms with Crippen LogP contribution in [0, 0.1) is 31.6 Å². The molecule has 20 heavy (non-hydrogen) atoms. The van der Waals surface area contributed by atoms with Gasteiger partial charge in [0, 0.05) is 5.56 Å². The van der Waals surface area contributed by atoms with Gasteiger partial charge in [-0.05, 0) is 32.6 Å². The van der Waals surface area contributed by atoms with E-state index in [2.05, 4.69) is 10.5 Å². The summed E-state index contributed by atoms with van der Waals surface area (Å²) in [5, 5.41) is 15.7. The van der Waals surface area contributed by atoms with E-state index in [-0.39, 0.29) is 5.91 Å². The Morgan fingerprint density at radius 2 is 2.00 bits per heavy atom. The Bertz CT molecular complexity index is 523. The summed E-state index contributed by atoms with van der Waals surface area (Å²) >= 11 is 0. The number of anilines is 1. The summed E-state index contributed by atoms with van der Waals surface area (Å²) < 4.78 is 5.04. The lowest BCUT2D eigenvalue weighted by Crippen LogP contribution is -2.30. The average molecular weight is 280 g/mol. The highest BCUT2D eigenvalue weighted by atomic mass is 16.5. The van der Waals surface area contributed by atoms with E-state index in [1.54, 1.807) is 13.8 Å². The van der Waals surface area contributed by atoms with Gasteiger partial charge in [0.25, 0.3) is 0 Å². The van der Waals surface area contributed by atoms with Gasteiger partial charge in [0.1, 0.15) is 0 Å². The van der Waals surface area contributed by atoms with Crippen LogP contribution in [0.4, 0.5) is 5.88 Å². The summed E-state index contributed by atoms with van der Waals surface area (Å²) in [7, 11) is 0. The number of hydrogen-bond acceptors (Lipinski definition) is 4. The number of aryl methyl sites for hydroxylation is 1. The van der Waals surface area contributed by atoms with Crippen molar-refractivity contribution in [3.63, 3.8) is 0 Å². The normalized spacial score (nSPS) is 25.6. The molecule has 1 aromatic heterocycles. The van der Waals surface area contributed by atoms with Gasteiger partial charge in [-0.25, -0.2) is 0 Å². The summed E-state index contributed by atoms with van der Waals surface area (Å²) in [4.78, 5) is 23.6. The first-order valence-corrected chi connectivity index (χ1v) is 6.90. The molecule has 2 N–H and O–H groups in total. The molecule has 1 aliphatic rings. The molecule has 0 spiro atoms. The lowest BCUT2D eigenvalue weighted by atomic mass is 9.95. The van der Waals surface area contributed by atoms with Crippen molar-refractivity contribution in [2.45, 2.75) is 40.0 Å². The summed E-state index contributed by atoms with van der Waals surface area (Å²) in [5.41, 5.74) is 1.49. The number of carbonyl (C=O) groups is 2. The van der Waals surface area contributed by atoms with Gasteiger partial charge in [0.15, 0.2) is 0 Å². The Morgan fingerprint density at radius 1 is 1.35 bits per heavy atom. The van der Waals surface area contributed by atoms with Crippen molar-refractivity contribution >= 4 is 17.8 Å². The van der Waals surface area contributed by atoms with Gasteiger partial charge in [-0.15, -0.1) is 0 Å². The highest BCUT2D eigenvalue weighted by molar-refractivity contribution is 5.95. The molecule has 2 rings (SSSR count). The number of amides is 1. The van der Waals surface area contributed by atoms with Gasteiger partial charge in [-0.3, -0.25) is 14.9 Å².